The number of carboxylic acids is 1. The lowest BCUT2D eigenvalue weighted by molar-refractivity contribution is -0.149. The number of carboxylic acid groups (broad SMARTS) is 1. The average Bonchev–Trinajstić information content (AvgIpc) is 2.56. The van der Waals surface area contributed by atoms with Gasteiger partial charge in [-0.05, 0) is 31.6 Å². The van der Waals surface area contributed by atoms with E-state index in [4.69, 9.17) is 0 Å². The number of hydrogen-bond donors (Lipinski definition) is 2. The highest BCUT2D eigenvalue weighted by Gasteiger charge is 2.42. The number of hydrogen-bond acceptors (Lipinski definition) is 4. The van der Waals surface area contributed by atoms with E-state index in [1.807, 2.05) is 0 Å². The number of aliphatic carboxylic acids is 1. The molecule has 2 N–H and O–H groups in total. The third-order valence-electron chi connectivity index (χ3n) is 4.90. The molecule has 0 radical (unpaired) electrons. The zero-order chi connectivity index (χ0) is 17.9. The number of nitrogens with one attached hydrogen (secondary N) is 1. The molecular formula is C16H23N3O5. The molecular weight excluding hydrogens is 314 g/mol. The quantitative estimate of drug-likeness (QED) is 0.791. The van der Waals surface area contributed by atoms with Gasteiger partial charge in [0, 0.05) is 19.3 Å². The summed E-state index contributed by atoms with van der Waals surface area (Å²) in [6, 6.07) is 1.19. The molecule has 0 unspecified atom stereocenters. The van der Waals surface area contributed by atoms with Crippen LogP contribution in [0.3, 0.4) is 0 Å². The monoisotopic (exact) mass is 337 g/mol. The molecule has 8 nitrogen and oxygen atoms in total. The molecule has 0 aromatic carbocycles. The zero-order valence-corrected chi connectivity index (χ0v) is 13.9. The Morgan fingerprint density at radius 2 is 1.96 bits per heavy atom. The van der Waals surface area contributed by atoms with E-state index in [0.29, 0.717) is 18.8 Å². The van der Waals surface area contributed by atoms with Crippen LogP contribution in [0.5, 0.6) is 0 Å². The van der Waals surface area contributed by atoms with Crippen molar-refractivity contribution >= 4 is 11.9 Å². The van der Waals surface area contributed by atoms with Crippen molar-refractivity contribution in [3.8, 4) is 0 Å². The highest BCUT2D eigenvalue weighted by atomic mass is 16.4. The molecule has 1 aliphatic carbocycles. The van der Waals surface area contributed by atoms with Crippen LogP contribution in [0.1, 0.15) is 39.0 Å². The number of aromatic nitrogens is 2. The molecule has 8 heteroatoms. The van der Waals surface area contributed by atoms with Crippen LogP contribution in [0.4, 0.5) is 0 Å². The summed E-state index contributed by atoms with van der Waals surface area (Å²) in [5.74, 6) is -1.10. The fraction of sp³-hybridized carbons (Fsp3) is 0.625. The largest absolute Gasteiger partial charge is 0.480 e. The predicted molar refractivity (Wildman–Crippen MR) is 86.7 cm³/mol. The lowest BCUT2D eigenvalue weighted by Crippen LogP contribution is -2.57. The molecule has 0 bridgehead atoms. The van der Waals surface area contributed by atoms with Gasteiger partial charge in [-0.1, -0.05) is 13.3 Å². The molecule has 1 aromatic heterocycles. The van der Waals surface area contributed by atoms with E-state index in [-0.39, 0.29) is 6.54 Å². The van der Waals surface area contributed by atoms with Crippen LogP contribution in [0.15, 0.2) is 21.9 Å². The Morgan fingerprint density at radius 3 is 2.50 bits per heavy atom. The van der Waals surface area contributed by atoms with E-state index < -0.39 is 28.7 Å². The van der Waals surface area contributed by atoms with Crippen molar-refractivity contribution in [2.24, 2.45) is 13.0 Å². The molecule has 1 amide bonds. The van der Waals surface area contributed by atoms with Gasteiger partial charge in [0.25, 0.3) is 5.56 Å². The fourth-order valence-corrected chi connectivity index (χ4v) is 3.17. The molecule has 1 aliphatic rings. The van der Waals surface area contributed by atoms with Gasteiger partial charge in [-0.25, -0.2) is 9.59 Å². The fourth-order valence-electron chi connectivity index (χ4n) is 3.17. The van der Waals surface area contributed by atoms with Crippen LogP contribution in [0, 0.1) is 5.92 Å². The van der Waals surface area contributed by atoms with Crippen LogP contribution in [-0.4, -0.2) is 31.7 Å². The van der Waals surface area contributed by atoms with Gasteiger partial charge in [0.1, 0.15) is 12.1 Å². The Labute approximate surface area is 139 Å². The van der Waals surface area contributed by atoms with E-state index in [1.165, 1.54) is 19.3 Å². The van der Waals surface area contributed by atoms with E-state index >= 15 is 0 Å². The first-order valence-electron chi connectivity index (χ1n) is 8.10. The lowest BCUT2D eigenvalue weighted by atomic mass is 9.75. The summed E-state index contributed by atoms with van der Waals surface area (Å²) >= 11 is 0. The van der Waals surface area contributed by atoms with Gasteiger partial charge in [-0.3, -0.25) is 18.7 Å². The minimum Gasteiger partial charge on any atom is -0.480 e. The van der Waals surface area contributed by atoms with Crippen molar-refractivity contribution in [2.45, 2.75) is 51.1 Å². The molecule has 0 saturated heterocycles. The summed E-state index contributed by atoms with van der Waals surface area (Å²) in [6.45, 7) is 1.75. The summed E-state index contributed by atoms with van der Waals surface area (Å²) in [5.41, 5.74) is -2.35. The summed E-state index contributed by atoms with van der Waals surface area (Å²) in [5, 5.41) is 12.2. The van der Waals surface area contributed by atoms with E-state index in [1.54, 1.807) is 0 Å². The molecule has 0 atom stereocenters. The third kappa shape index (κ3) is 3.58. The van der Waals surface area contributed by atoms with Gasteiger partial charge < -0.3 is 10.4 Å². The van der Waals surface area contributed by atoms with Crippen molar-refractivity contribution in [3.63, 3.8) is 0 Å². The molecule has 0 spiro atoms. The number of carbonyl (C=O) groups is 2. The van der Waals surface area contributed by atoms with Gasteiger partial charge >= 0.3 is 11.7 Å². The van der Waals surface area contributed by atoms with Gasteiger partial charge in [-0.15, -0.1) is 0 Å². The Bertz CT molecular complexity index is 741. The summed E-state index contributed by atoms with van der Waals surface area (Å²) in [4.78, 5) is 47.3. The van der Waals surface area contributed by atoms with Crippen LogP contribution < -0.4 is 16.6 Å². The summed E-state index contributed by atoms with van der Waals surface area (Å²) in [7, 11) is 1.32. The van der Waals surface area contributed by atoms with E-state index in [0.717, 1.165) is 28.4 Å². The van der Waals surface area contributed by atoms with Crippen LogP contribution in [0.25, 0.3) is 0 Å². The first kappa shape index (κ1) is 18.0. The molecule has 1 heterocycles. The maximum absolute atomic E-state index is 12.3. The summed E-state index contributed by atoms with van der Waals surface area (Å²) < 4.78 is 1.98. The second kappa shape index (κ2) is 7.02. The number of carbonyl (C=O) groups excluding carboxylic acids is 1. The molecule has 132 valence electrons. The molecule has 1 saturated carbocycles. The van der Waals surface area contributed by atoms with Gasteiger partial charge in [0.05, 0.1) is 0 Å². The number of amides is 1. The molecule has 0 aliphatic heterocycles. The maximum atomic E-state index is 12.3. The van der Waals surface area contributed by atoms with Crippen molar-refractivity contribution in [1.82, 2.24) is 14.5 Å². The highest BCUT2D eigenvalue weighted by Crippen LogP contribution is 2.34. The topological polar surface area (TPSA) is 110 Å². The maximum Gasteiger partial charge on any atom is 0.331 e. The molecule has 1 fully saturated rings. The normalized spacial score (nSPS) is 23.7. The minimum absolute atomic E-state index is 0.320. The minimum atomic E-state index is -1.27. The zero-order valence-electron chi connectivity index (χ0n) is 13.9. The smallest absolute Gasteiger partial charge is 0.331 e. The second-order valence-corrected chi connectivity index (χ2v) is 6.41. The number of rotatable bonds is 5. The Hall–Kier alpha value is -2.38. The number of nitrogens with zero attached hydrogens (tertiary/aromatic N) is 2. The first-order chi connectivity index (χ1) is 11.3. The molecule has 24 heavy (non-hydrogen) atoms. The lowest BCUT2D eigenvalue weighted by Gasteiger charge is -2.37. The Balaban J connectivity index is 2.13. The highest BCUT2D eigenvalue weighted by molar-refractivity contribution is 5.87. The van der Waals surface area contributed by atoms with Crippen LogP contribution >= 0.6 is 0 Å². The van der Waals surface area contributed by atoms with Crippen molar-refractivity contribution in [1.29, 1.82) is 0 Å². The van der Waals surface area contributed by atoms with Crippen LogP contribution in [0.2, 0.25) is 0 Å². The van der Waals surface area contributed by atoms with Gasteiger partial charge in [0.15, 0.2) is 0 Å². The van der Waals surface area contributed by atoms with Crippen molar-refractivity contribution in [2.75, 3.05) is 0 Å². The van der Waals surface area contributed by atoms with Crippen molar-refractivity contribution in [3.05, 3.63) is 33.1 Å². The Kier molecular flexibility index (Phi) is 5.26. The SMILES string of the molecule is CCC1CCC(NC(=O)Cn2ccc(=O)n(C)c2=O)(C(=O)O)CC1. The molecule has 1 aromatic rings. The van der Waals surface area contributed by atoms with E-state index in [9.17, 15) is 24.3 Å². The summed E-state index contributed by atoms with van der Waals surface area (Å²) in [6.07, 6.45) is 4.51. The Morgan fingerprint density at radius 1 is 1.33 bits per heavy atom. The van der Waals surface area contributed by atoms with Gasteiger partial charge in [0.2, 0.25) is 5.91 Å². The predicted octanol–water partition coefficient (Wildman–Crippen LogP) is 0.0868. The first-order valence-corrected chi connectivity index (χ1v) is 8.10. The molecule has 2 rings (SSSR count). The standard InChI is InChI=1S/C16H23N3O5/c1-3-11-4-7-16(8-5-11,14(22)23)17-12(20)10-19-9-6-13(21)18(2)15(19)24/h6,9,11H,3-5,7-8,10H2,1-2H3,(H,17,20)(H,22,23). The average molecular weight is 337 g/mol. The van der Waals surface area contributed by atoms with Crippen molar-refractivity contribution < 1.29 is 14.7 Å². The van der Waals surface area contributed by atoms with Crippen LogP contribution in [-0.2, 0) is 23.2 Å². The van der Waals surface area contributed by atoms with E-state index in [2.05, 4.69) is 12.2 Å². The van der Waals surface area contributed by atoms with Gasteiger partial charge in [-0.2, -0.15) is 0 Å². The second-order valence-electron chi connectivity index (χ2n) is 6.41. The third-order valence-corrected chi connectivity index (χ3v) is 4.90.